The lowest BCUT2D eigenvalue weighted by Gasteiger charge is -2.35. The molecule has 5 nitrogen and oxygen atoms in total. The van der Waals surface area contributed by atoms with Crippen LogP contribution in [-0.2, 0) is 21.4 Å². The number of carbonyl (C=O) groups excluding carboxylic acids is 1. The molecule has 1 aliphatic carbocycles. The Balaban J connectivity index is 2.19. The minimum atomic E-state index is -0.658. The smallest absolute Gasteiger partial charge is 0.321 e. The Morgan fingerprint density at radius 2 is 2.24 bits per heavy atom. The van der Waals surface area contributed by atoms with Crippen LogP contribution in [0, 0.1) is 0 Å². The Morgan fingerprint density at radius 1 is 1.47 bits per heavy atom. The van der Waals surface area contributed by atoms with Crippen molar-refractivity contribution in [3.05, 3.63) is 11.7 Å². The predicted octanol–water partition coefficient (Wildman–Crippen LogP) is 2.01. The fourth-order valence-electron chi connectivity index (χ4n) is 2.08. The van der Waals surface area contributed by atoms with E-state index in [1.54, 1.807) is 6.92 Å². The molecule has 0 aliphatic heterocycles. The maximum Gasteiger partial charge on any atom is 0.321 e. The average Bonchev–Trinajstić information content (AvgIpc) is 2.66. The highest BCUT2D eigenvalue weighted by Crippen LogP contribution is 2.44. The van der Waals surface area contributed by atoms with E-state index in [9.17, 15) is 4.79 Å². The van der Waals surface area contributed by atoms with E-state index in [2.05, 4.69) is 17.1 Å². The van der Waals surface area contributed by atoms with E-state index in [1.807, 2.05) is 0 Å². The van der Waals surface area contributed by atoms with Crippen LogP contribution in [0.5, 0.6) is 0 Å². The van der Waals surface area contributed by atoms with Crippen LogP contribution >= 0.6 is 0 Å². The van der Waals surface area contributed by atoms with Crippen molar-refractivity contribution in [2.45, 2.75) is 51.4 Å². The van der Waals surface area contributed by atoms with Crippen LogP contribution in [0.15, 0.2) is 4.52 Å². The number of hydrogen-bond donors (Lipinski definition) is 0. The first-order chi connectivity index (χ1) is 8.23. The molecule has 2 rings (SSSR count). The zero-order chi connectivity index (χ0) is 12.3. The SMILES string of the molecule is CCCc1noc(C2(C(=O)OCC)CCC2)n1. The second-order valence-electron chi connectivity index (χ2n) is 4.42. The zero-order valence-electron chi connectivity index (χ0n) is 10.4. The summed E-state index contributed by atoms with van der Waals surface area (Å²) in [5.41, 5.74) is -0.658. The molecule has 1 fully saturated rings. The van der Waals surface area contributed by atoms with Crippen LogP contribution in [0.2, 0.25) is 0 Å². The van der Waals surface area contributed by atoms with Crippen molar-refractivity contribution in [1.29, 1.82) is 0 Å². The highest BCUT2D eigenvalue weighted by Gasteiger charge is 2.51. The Kier molecular flexibility index (Phi) is 3.45. The molecule has 5 heteroatoms. The molecular weight excluding hydrogens is 220 g/mol. The van der Waals surface area contributed by atoms with Gasteiger partial charge in [-0.15, -0.1) is 0 Å². The van der Waals surface area contributed by atoms with Crippen molar-refractivity contribution in [3.63, 3.8) is 0 Å². The lowest BCUT2D eigenvalue weighted by molar-refractivity contribution is -0.155. The summed E-state index contributed by atoms with van der Waals surface area (Å²) in [6.45, 7) is 4.25. The van der Waals surface area contributed by atoms with E-state index in [-0.39, 0.29) is 5.97 Å². The monoisotopic (exact) mass is 238 g/mol. The number of nitrogens with zero attached hydrogens (tertiary/aromatic N) is 2. The summed E-state index contributed by atoms with van der Waals surface area (Å²) in [5, 5.41) is 3.90. The fraction of sp³-hybridized carbons (Fsp3) is 0.750. The summed E-state index contributed by atoms with van der Waals surface area (Å²) in [6, 6.07) is 0. The number of hydrogen-bond acceptors (Lipinski definition) is 5. The Hall–Kier alpha value is -1.39. The molecule has 0 unspecified atom stereocenters. The first kappa shape index (κ1) is 12.1. The number of aromatic nitrogens is 2. The normalized spacial score (nSPS) is 17.5. The van der Waals surface area contributed by atoms with E-state index < -0.39 is 5.41 Å². The van der Waals surface area contributed by atoms with Gasteiger partial charge in [-0.05, 0) is 26.2 Å². The van der Waals surface area contributed by atoms with Gasteiger partial charge in [0.15, 0.2) is 5.82 Å². The second-order valence-corrected chi connectivity index (χ2v) is 4.42. The van der Waals surface area contributed by atoms with Gasteiger partial charge in [0.1, 0.15) is 5.41 Å². The predicted molar refractivity (Wildman–Crippen MR) is 60.5 cm³/mol. The number of ether oxygens (including phenoxy) is 1. The molecule has 1 saturated carbocycles. The van der Waals surface area contributed by atoms with E-state index in [0.29, 0.717) is 18.3 Å². The van der Waals surface area contributed by atoms with Gasteiger partial charge in [-0.1, -0.05) is 18.5 Å². The van der Waals surface area contributed by atoms with Gasteiger partial charge in [0.25, 0.3) is 0 Å². The van der Waals surface area contributed by atoms with Crippen molar-refractivity contribution in [3.8, 4) is 0 Å². The second kappa shape index (κ2) is 4.85. The van der Waals surface area contributed by atoms with E-state index >= 15 is 0 Å². The summed E-state index contributed by atoms with van der Waals surface area (Å²) in [7, 11) is 0. The van der Waals surface area contributed by atoms with Crippen LogP contribution in [0.3, 0.4) is 0 Å². The largest absolute Gasteiger partial charge is 0.465 e. The first-order valence-corrected chi connectivity index (χ1v) is 6.23. The van der Waals surface area contributed by atoms with Crippen molar-refractivity contribution in [2.24, 2.45) is 0 Å². The summed E-state index contributed by atoms with van der Waals surface area (Å²) in [6.07, 6.45) is 4.25. The van der Waals surface area contributed by atoms with E-state index in [4.69, 9.17) is 9.26 Å². The minimum absolute atomic E-state index is 0.224. The van der Waals surface area contributed by atoms with E-state index in [1.165, 1.54) is 0 Å². The molecule has 1 aromatic heterocycles. The van der Waals surface area contributed by atoms with Gasteiger partial charge in [0.05, 0.1) is 6.61 Å². The van der Waals surface area contributed by atoms with Gasteiger partial charge < -0.3 is 9.26 Å². The minimum Gasteiger partial charge on any atom is -0.465 e. The van der Waals surface area contributed by atoms with Crippen LogP contribution in [0.25, 0.3) is 0 Å². The van der Waals surface area contributed by atoms with Gasteiger partial charge in [-0.2, -0.15) is 4.98 Å². The lowest BCUT2D eigenvalue weighted by atomic mass is 9.68. The standard InChI is InChI=1S/C12H18N2O3/c1-3-6-9-13-10(17-14-9)12(7-5-8-12)11(15)16-4-2/h3-8H2,1-2H3. The molecule has 0 amide bonds. The highest BCUT2D eigenvalue weighted by molar-refractivity contribution is 5.82. The van der Waals surface area contributed by atoms with Crippen molar-refractivity contribution in [2.75, 3.05) is 6.61 Å². The molecule has 1 aromatic rings. The van der Waals surface area contributed by atoms with Crippen LogP contribution < -0.4 is 0 Å². The molecule has 0 saturated heterocycles. The lowest BCUT2D eigenvalue weighted by Crippen LogP contribution is -2.44. The number of esters is 1. The third-order valence-corrected chi connectivity index (χ3v) is 3.22. The summed E-state index contributed by atoms with van der Waals surface area (Å²) < 4.78 is 10.3. The Bertz CT molecular complexity index is 396. The van der Waals surface area contributed by atoms with Gasteiger partial charge in [0.2, 0.25) is 5.89 Å². The molecule has 0 aromatic carbocycles. The summed E-state index contributed by atoms with van der Waals surface area (Å²) in [5.74, 6) is 0.890. The summed E-state index contributed by atoms with van der Waals surface area (Å²) in [4.78, 5) is 16.3. The molecule has 0 bridgehead atoms. The van der Waals surface area contributed by atoms with Gasteiger partial charge >= 0.3 is 5.97 Å². The third kappa shape index (κ3) is 2.06. The summed E-state index contributed by atoms with van der Waals surface area (Å²) >= 11 is 0. The van der Waals surface area contributed by atoms with Gasteiger partial charge in [0, 0.05) is 6.42 Å². The van der Waals surface area contributed by atoms with Crippen LogP contribution in [-0.4, -0.2) is 22.7 Å². The van der Waals surface area contributed by atoms with Gasteiger partial charge in [-0.25, -0.2) is 0 Å². The maximum atomic E-state index is 12.0. The molecule has 1 heterocycles. The Labute approximate surface area is 101 Å². The molecule has 0 atom stereocenters. The quantitative estimate of drug-likeness (QED) is 0.734. The van der Waals surface area contributed by atoms with Crippen molar-refractivity contribution in [1.82, 2.24) is 10.1 Å². The fourth-order valence-corrected chi connectivity index (χ4v) is 2.08. The molecule has 17 heavy (non-hydrogen) atoms. The molecule has 1 aliphatic rings. The molecule has 0 radical (unpaired) electrons. The maximum absolute atomic E-state index is 12.0. The van der Waals surface area contributed by atoms with Gasteiger partial charge in [-0.3, -0.25) is 4.79 Å². The zero-order valence-corrected chi connectivity index (χ0v) is 10.4. The molecular formula is C12H18N2O3. The van der Waals surface area contributed by atoms with Crippen molar-refractivity contribution < 1.29 is 14.1 Å². The topological polar surface area (TPSA) is 65.2 Å². The molecule has 0 spiro atoms. The van der Waals surface area contributed by atoms with Crippen molar-refractivity contribution >= 4 is 5.97 Å². The van der Waals surface area contributed by atoms with E-state index in [0.717, 1.165) is 32.1 Å². The molecule has 0 N–H and O–H groups in total. The van der Waals surface area contributed by atoms with Crippen LogP contribution in [0.1, 0.15) is 51.2 Å². The molecule has 94 valence electrons. The first-order valence-electron chi connectivity index (χ1n) is 6.23. The number of aryl methyl sites for hydroxylation is 1. The number of rotatable bonds is 5. The number of carbonyl (C=O) groups is 1. The average molecular weight is 238 g/mol. The van der Waals surface area contributed by atoms with Crippen LogP contribution in [0.4, 0.5) is 0 Å². The third-order valence-electron chi connectivity index (χ3n) is 3.22. The Morgan fingerprint density at radius 3 is 2.76 bits per heavy atom. The highest BCUT2D eigenvalue weighted by atomic mass is 16.5.